The summed E-state index contributed by atoms with van der Waals surface area (Å²) in [4.78, 5) is 0. The molecule has 2 rings (SSSR count). The first-order chi connectivity index (χ1) is 7.81. The van der Waals surface area contributed by atoms with E-state index in [1.54, 1.807) is 0 Å². The summed E-state index contributed by atoms with van der Waals surface area (Å²) >= 11 is 0. The Hall–Kier alpha value is -1.49. The van der Waals surface area contributed by atoms with Gasteiger partial charge in [-0.3, -0.25) is 0 Å². The number of hydrogen-bond acceptors (Lipinski definition) is 2. The van der Waals surface area contributed by atoms with E-state index in [-0.39, 0.29) is 0 Å². The van der Waals surface area contributed by atoms with Gasteiger partial charge in [0.2, 0.25) is 0 Å². The van der Waals surface area contributed by atoms with Crippen LogP contribution in [0.25, 0.3) is 0 Å². The highest BCUT2D eigenvalue weighted by atomic mass is 14.9. The molecule has 2 unspecified atom stereocenters. The highest BCUT2D eigenvalue weighted by Crippen LogP contribution is 2.27. The van der Waals surface area contributed by atoms with E-state index in [2.05, 4.69) is 18.3 Å². The summed E-state index contributed by atoms with van der Waals surface area (Å²) in [7, 11) is 0. The molecule has 1 N–H and O–H groups in total. The van der Waals surface area contributed by atoms with Crippen molar-refractivity contribution >= 4 is 5.69 Å². The molecular weight excluding hydrogens is 196 g/mol. The zero-order chi connectivity index (χ0) is 11.4. The van der Waals surface area contributed by atoms with Crippen LogP contribution in [0.1, 0.15) is 38.2 Å². The Balaban J connectivity index is 2.11. The highest BCUT2D eigenvalue weighted by Gasteiger charge is 2.21. The average Bonchev–Trinajstić information content (AvgIpc) is 2.33. The summed E-state index contributed by atoms with van der Waals surface area (Å²) < 4.78 is 0. The number of nitrogens with one attached hydrogen (secondary N) is 1. The van der Waals surface area contributed by atoms with Crippen molar-refractivity contribution in [3.63, 3.8) is 0 Å². The van der Waals surface area contributed by atoms with Gasteiger partial charge in [0.25, 0.3) is 0 Å². The van der Waals surface area contributed by atoms with Crippen LogP contribution in [0.2, 0.25) is 0 Å². The molecule has 0 amide bonds. The average molecular weight is 214 g/mol. The molecule has 1 aliphatic carbocycles. The molecule has 0 saturated heterocycles. The monoisotopic (exact) mass is 214 g/mol. The Morgan fingerprint density at radius 2 is 2.00 bits per heavy atom. The molecule has 2 heteroatoms. The number of benzene rings is 1. The van der Waals surface area contributed by atoms with Gasteiger partial charge >= 0.3 is 0 Å². The van der Waals surface area contributed by atoms with Crippen LogP contribution in [-0.2, 0) is 0 Å². The van der Waals surface area contributed by atoms with Crippen LogP contribution < -0.4 is 5.32 Å². The summed E-state index contributed by atoms with van der Waals surface area (Å²) in [5.74, 6) is 0.709. The zero-order valence-electron chi connectivity index (χ0n) is 9.74. The van der Waals surface area contributed by atoms with E-state index in [9.17, 15) is 0 Å². The number of rotatable bonds is 2. The van der Waals surface area contributed by atoms with E-state index in [4.69, 9.17) is 5.26 Å². The smallest absolute Gasteiger partial charge is 0.101 e. The summed E-state index contributed by atoms with van der Waals surface area (Å²) in [5, 5.41) is 12.6. The van der Waals surface area contributed by atoms with Crippen molar-refractivity contribution in [2.24, 2.45) is 5.92 Å². The van der Waals surface area contributed by atoms with Gasteiger partial charge in [-0.05, 0) is 30.9 Å². The molecule has 2 atom stereocenters. The maximum Gasteiger partial charge on any atom is 0.101 e. The third-order valence-electron chi connectivity index (χ3n) is 3.50. The van der Waals surface area contributed by atoms with Crippen LogP contribution >= 0.6 is 0 Å². The quantitative estimate of drug-likeness (QED) is 0.817. The van der Waals surface area contributed by atoms with Crippen molar-refractivity contribution in [2.75, 3.05) is 5.32 Å². The molecule has 1 aromatic carbocycles. The van der Waals surface area contributed by atoms with E-state index in [1.807, 2.05) is 24.3 Å². The Labute approximate surface area is 97.3 Å². The third kappa shape index (κ3) is 2.36. The lowest BCUT2D eigenvalue weighted by Gasteiger charge is -2.30. The molecule has 84 valence electrons. The van der Waals surface area contributed by atoms with Crippen molar-refractivity contribution in [1.82, 2.24) is 0 Å². The van der Waals surface area contributed by atoms with Gasteiger partial charge in [-0.15, -0.1) is 0 Å². The molecule has 0 heterocycles. The second-order valence-corrected chi connectivity index (χ2v) is 4.67. The van der Waals surface area contributed by atoms with E-state index in [0.29, 0.717) is 12.0 Å². The van der Waals surface area contributed by atoms with Gasteiger partial charge in [-0.25, -0.2) is 0 Å². The molecule has 16 heavy (non-hydrogen) atoms. The van der Waals surface area contributed by atoms with Crippen LogP contribution in [0.4, 0.5) is 5.69 Å². The number of para-hydroxylation sites is 1. The normalized spacial score (nSPS) is 24.8. The van der Waals surface area contributed by atoms with Gasteiger partial charge in [0.1, 0.15) is 6.07 Å². The summed E-state index contributed by atoms with van der Waals surface area (Å²) in [6.45, 7) is 2.30. The lowest BCUT2D eigenvalue weighted by atomic mass is 9.85. The largest absolute Gasteiger partial charge is 0.381 e. The summed E-state index contributed by atoms with van der Waals surface area (Å²) in [5.41, 5.74) is 1.74. The molecule has 0 radical (unpaired) electrons. The highest BCUT2D eigenvalue weighted by molar-refractivity contribution is 5.57. The van der Waals surface area contributed by atoms with E-state index < -0.39 is 0 Å². The number of anilines is 1. The molecule has 0 spiro atoms. The molecule has 1 aromatic rings. The minimum absolute atomic E-state index is 0.531. The molecule has 0 bridgehead atoms. The van der Waals surface area contributed by atoms with Gasteiger partial charge in [-0.2, -0.15) is 5.26 Å². The SMILES string of the molecule is CC1CCCCC1Nc1ccccc1C#N. The Kier molecular flexibility index (Phi) is 3.46. The fourth-order valence-electron chi connectivity index (χ4n) is 2.44. The number of nitrogens with zero attached hydrogens (tertiary/aromatic N) is 1. The first-order valence-corrected chi connectivity index (χ1v) is 6.07. The first kappa shape index (κ1) is 11.0. The summed E-state index contributed by atoms with van der Waals surface area (Å²) in [6.07, 6.45) is 5.17. The minimum Gasteiger partial charge on any atom is -0.381 e. The lowest BCUT2D eigenvalue weighted by molar-refractivity contribution is 0.349. The van der Waals surface area contributed by atoms with Crippen molar-refractivity contribution in [3.8, 4) is 6.07 Å². The molecule has 2 nitrogen and oxygen atoms in total. The number of hydrogen-bond donors (Lipinski definition) is 1. The Morgan fingerprint density at radius 3 is 2.75 bits per heavy atom. The predicted octanol–water partition coefficient (Wildman–Crippen LogP) is 3.55. The Bertz CT molecular complexity index is 392. The van der Waals surface area contributed by atoms with Crippen molar-refractivity contribution < 1.29 is 0 Å². The lowest BCUT2D eigenvalue weighted by Crippen LogP contribution is -2.30. The van der Waals surface area contributed by atoms with Crippen LogP contribution in [0.15, 0.2) is 24.3 Å². The maximum absolute atomic E-state index is 9.02. The second kappa shape index (κ2) is 5.03. The van der Waals surface area contributed by atoms with Crippen LogP contribution in [0.5, 0.6) is 0 Å². The third-order valence-corrected chi connectivity index (χ3v) is 3.50. The fourth-order valence-corrected chi connectivity index (χ4v) is 2.44. The molecule has 0 aliphatic heterocycles. The van der Waals surface area contributed by atoms with Crippen molar-refractivity contribution in [3.05, 3.63) is 29.8 Å². The van der Waals surface area contributed by atoms with E-state index in [1.165, 1.54) is 25.7 Å². The second-order valence-electron chi connectivity index (χ2n) is 4.67. The fraction of sp³-hybridized carbons (Fsp3) is 0.500. The standard InChI is InChI=1S/C14H18N2/c1-11-6-2-4-8-13(11)16-14-9-5-3-7-12(14)10-15/h3,5,7,9,11,13,16H,2,4,6,8H2,1H3. The minimum atomic E-state index is 0.531. The predicted molar refractivity (Wildman–Crippen MR) is 66.2 cm³/mol. The van der Waals surface area contributed by atoms with E-state index in [0.717, 1.165) is 11.3 Å². The maximum atomic E-state index is 9.02. The van der Waals surface area contributed by atoms with Gasteiger partial charge in [0.15, 0.2) is 0 Å². The van der Waals surface area contributed by atoms with Gasteiger partial charge in [-0.1, -0.05) is 31.9 Å². The summed E-state index contributed by atoms with van der Waals surface area (Å²) in [6, 6.07) is 10.5. The molecular formula is C14H18N2. The van der Waals surface area contributed by atoms with Crippen LogP contribution in [-0.4, -0.2) is 6.04 Å². The number of nitriles is 1. The van der Waals surface area contributed by atoms with E-state index >= 15 is 0 Å². The molecule has 1 saturated carbocycles. The van der Waals surface area contributed by atoms with Gasteiger partial charge in [0, 0.05) is 6.04 Å². The van der Waals surface area contributed by atoms with Crippen molar-refractivity contribution in [2.45, 2.75) is 38.6 Å². The first-order valence-electron chi connectivity index (χ1n) is 6.07. The van der Waals surface area contributed by atoms with Gasteiger partial charge in [0.05, 0.1) is 11.3 Å². The molecule has 1 aliphatic rings. The zero-order valence-corrected chi connectivity index (χ0v) is 9.74. The topological polar surface area (TPSA) is 35.8 Å². The van der Waals surface area contributed by atoms with Crippen LogP contribution in [0, 0.1) is 17.2 Å². The molecule has 0 aromatic heterocycles. The molecule has 1 fully saturated rings. The van der Waals surface area contributed by atoms with Gasteiger partial charge < -0.3 is 5.32 Å². The van der Waals surface area contributed by atoms with Crippen LogP contribution in [0.3, 0.4) is 0 Å². The van der Waals surface area contributed by atoms with Crippen molar-refractivity contribution in [1.29, 1.82) is 5.26 Å². The Morgan fingerprint density at radius 1 is 1.25 bits per heavy atom.